The standard InChI is InChI=1S/C21H27NO2/c1-14(2)17-12-11-15(3)13-20(17)24-21(23)22-19-10-6-8-16-7-4-5-9-18(16)19/h4-10,14-15,17,20H,11-13H2,1-3H3,(H,22,23)/t15-,17+,20+/m0/s1. The molecule has 24 heavy (non-hydrogen) atoms. The van der Waals surface area contributed by atoms with Gasteiger partial charge in [-0.2, -0.15) is 0 Å². The van der Waals surface area contributed by atoms with Crippen LogP contribution in [-0.4, -0.2) is 12.2 Å². The van der Waals surface area contributed by atoms with Gasteiger partial charge in [0.1, 0.15) is 6.10 Å². The van der Waals surface area contributed by atoms with Gasteiger partial charge < -0.3 is 4.74 Å². The van der Waals surface area contributed by atoms with Crippen molar-refractivity contribution in [3.8, 4) is 0 Å². The first-order valence-electron chi connectivity index (χ1n) is 9.00. The van der Waals surface area contributed by atoms with E-state index in [1.54, 1.807) is 0 Å². The van der Waals surface area contributed by atoms with Crippen molar-refractivity contribution in [2.75, 3.05) is 5.32 Å². The molecule has 3 rings (SSSR count). The molecule has 0 aliphatic heterocycles. The Morgan fingerprint density at radius 2 is 1.88 bits per heavy atom. The molecule has 1 amide bonds. The van der Waals surface area contributed by atoms with Crippen LogP contribution >= 0.6 is 0 Å². The molecule has 3 atom stereocenters. The summed E-state index contributed by atoms with van der Waals surface area (Å²) in [7, 11) is 0. The lowest BCUT2D eigenvalue weighted by Crippen LogP contribution is -2.36. The quantitative estimate of drug-likeness (QED) is 0.768. The third-order valence-electron chi connectivity index (χ3n) is 5.25. The molecule has 128 valence electrons. The first kappa shape index (κ1) is 16.8. The number of anilines is 1. The van der Waals surface area contributed by atoms with Crippen LogP contribution in [0.5, 0.6) is 0 Å². The van der Waals surface area contributed by atoms with E-state index in [9.17, 15) is 4.79 Å². The molecule has 3 nitrogen and oxygen atoms in total. The molecule has 0 saturated heterocycles. The van der Waals surface area contributed by atoms with Gasteiger partial charge in [0.05, 0.1) is 5.69 Å². The average Bonchev–Trinajstić information content (AvgIpc) is 2.55. The minimum atomic E-state index is -0.337. The summed E-state index contributed by atoms with van der Waals surface area (Å²) in [5.74, 6) is 1.61. The molecule has 0 heterocycles. The number of carbonyl (C=O) groups is 1. The van der Waals surface area contributed by atoms with Crippen molar-refractivity contribution in [2.24, 2.45) is 17.8 Å². The van der Waals surface area contributed by atoms with Gasteiger partial charge in [0.2, 0.25) is 0 Å². The van der Waals surface area contributed by atoms with Crippen LogP contribution in [0.1, 0.15) is 40.0 Å². The summed E-state index contributed by atoms with van der Waals surface area (Å²) in [6, 6.07) is 14.0. The molecule has 0 aromatic heterocycles. The van der Waals surface area contributed by atoms with Crippen LogP contribution in [0.15, 0.2) is 42.5 Å². The summed E-state index contributed by atoms with van der Waals surface area (Å²) < 4.78 is 5.84. The van der Waals surface area contributed by atoms with Gasteiger partial charge in [-0.05, 0) is 42.0 Å². The average molecular weight is 325 g/mol. The van der Waals surface area contributed by atoms with E-state index in [4.69, 9.17) is 4.74 Å². The molecule has 1 aliphatic carbocycles. The van der Waals surface area contributed by atoms with Gasteiger partial charge in [-0.3, -0.25) is 5.32 Å². The van der Waals surface area contributed by atoms with E-state index >= 15 is 0 Å². The van der Waals surface area contributed by atoms with E-state index in [-0.39, 0.29) is 12.2 Å². The maximum Gasteiger partial charge on any atom is 0.411 e. The number of nitrogens with one attached hydrogen (secondary N) is 1. The Morgan fingerprint density at radius 1 is 1.12 bits per heavy atom. The molecule has 1 fully saturated rings. The predicted molar refractivity (Wildman–Crippen MR) is 99.2 cm³/mol. The molecule has 0 bridgehead atoms. The normalized spacial score (nSPS) is 24.1. The van der Waals surface area contributed by atoms with Crippen LogP contribution < -0.4 is 5.32 Å². The van der Waals surface area contributed by atoms with Crippen molar-refractivity contribution < 1.29 is 9.53 Å². The maximum absolute atomic E-state index is 12.5. The van der Waals surface area contributed by atoms with Gasteiger partial charge in [-0.25, -0.2) is 4.79 Å². The molecule has 0 unspecified atom stereocenters. The van der Waals surface area contributed by atoms with Gasteiger partial charge >= 0.3 is 6.09 Å². The number of ether oxygens (including phenoxy) is 1. The fraction of sp³-hybridized carbons (Fsp3) is 0.476. The number of amides is 1. The highest BCUT2D eigenvalue weighted by Gasteiger charge is 2.33. The highest BCUT2D eigenvalue weighted by molar-refractivity contribution is 6.00. The van der Waals surface area contributed by atoms with E-state index in [1.165, 1.54) is 6.42 Å². The smallest absolute Gasteiger partial charge is 0.411 e. The summed E-state index contributed by atoms with van der Waals surface area (Å²) in [5.41, 5.74) is 0.808. The Bertz CT molecular complexity index is 705. The van der Waals surface area contributed by atoms with Crippen molar-refractivity contribution in [3.05, 3.63) is 42.5 Å². The lowest BCUT2D eigenvalue weighted by molar-refractivity contribution is 0.0126. The minimum Gasteiger partial charge on any atom is -0.446 e. The van der Waals surface area contributed by atoms with Crippen LogP contribution in [0.4, 0.5) is 10.5 Å². The summed E-state index contributed by atoms with van der Waals surface area (Å²) in [5, 5.41) is 5.09. The molecule has 1 N–H and O–H groups in total. The lowest BCUT2D eigenvalue weighted by Gasteiger charge is -2.36. The molecule has 0 radical (unpaired) electrons. The highest BCUT2D eigenvalue weighted by Crippen LogP contribution is 2.35. The predicted octanol–water partition coefficient (Wildman–Crippen LogP) is 5.85. The van der Waals surface area contributed by atoms with Gasteiger partial charge in [0.15, 0.2) is 0 Å². The maximum atomic E-state index is 12.5. The zero-order chi connectivity index (χ0) is 17.1. The summed E-state index contributed by atoms with van der Waals surface area (Å²) in [6.45, 7) is 6.69. The second-order valence-electron chi connectivity index (χ2n) is 7.42. The van der Waals surface area contributed by atoms with Gasteiger partial charge in [-0.1, -0.05) is 63.6 Å². The second kappa shape index (κ2) is 7.25. The van der Waals surface area contributed by atoms with Gasteiger partial charge in [0.25, 0.3) is 0 Å². The van der Waals surface area contributed by atoms with E-state index < -0.39 is 0 Å². The summed E-state index contributed by atoms with van der Waals surface area (Å²) in [6.07, 6.45) is 3.02. The van der Waals surface area contributed by atoms with Crippen molar-refractivity contribution >= 4 is 22.6 Å². The minimum absolute atomic E-state index is 0.0173. The highest BCUT2D eigenvalue weighted by atomic mass is 16.6. The SMILES string of the molecule is CC(C)[C@H]1CC[C@H](C)C[C@H]1OC(=O)Nc1cccc2ccccc12. The Balaban J connectivity index is 1.72. The molecule has 0 spiro atoms. The van der Waals surface area contributed by atoms with E-state index in [2.05, 4.69) is 26.1 Å². The van der Waals surface area contributed by atoms with Crippen molar-refractivity contribution in [1.29, 1.82) is 0 Å². The van der Waals surface area contributed by atoms with E-state index in [0.717, 1.165) is 29.3 Å². The second-order valence-corrected chi connectivity index (χ2v) is 7.42. The largest absolute Gasteiger partial charge is 0.446 e. The van der Waals surface area contributed by atoms with Crippen LogP contribution in [-0.2, 0) is 4.74 Å². The topological polar surface area (TPSA) is 38.3 Å². The molecule has 1 saturated carbocycles. The Morgan fingerprint density at radius 3 is 2.67 bits per heavy atom. The molecule has 1 aliphatic rings. The van der Waals surface area contributed by atoms with Crippen molar-refractivity contribution in [3.63, 3.8) is 0 Å². The van der Waals surface area contributed by atoms with Gasteiger partial charge in [0, 0.05) is 5.39 Å². The Kier molecular flexibility index (Phi) is 5.08. The fourth-order valence-electron chi connectivity index (χ4n) is 3.86. The molecular formula is C21H27NO2. The summed E-state index contributed by atoms with van der Waals surface area (Å²) in [4.78, 5) is 12.5. The molecule has 2 aromatic carbocycles. The van der Waals surface area contributed by atoms with Crippen LogP contribution in [0.25, 0.3) is 10.8 Å². The zero-order valence-electron chi connectivity index (χ0n) is 14.8. The first-order chi connectivity index (χ1) is 11.5. The van der Waals surface area contributed by atoms with E-state index in [0.29, 0.717) is 17.8 Å². The Hall–Kier alpha value is -2.03. The number of hydrogen-bond acceptors (Lipinski definition) is 2. The molecule has 3 heteroatoms. The molecular weight excluding hydrogens is 298 g/mol. The number of hydrogen-bond donors (Lipinski definition) is 1. The van der Waals surface area contributed by atoms with Crippen molar-refractivity contribution in [1.82, 2.24) is 0 Å². The number of carbonyl (C=O) groups excluding carboxylic acids is 1. The number of benzene rings is 2. The number of rotatable bonds is 3. The first-order valence-corrected chi connectivity index (χ1v) is 9.00. The number of fused-ring (bicyclic) bond motifs is 1. The third-order valence-corrected chi connectivity index (χ3v) is 5.25. The Labute approximate surface area is 144 Å². The monoisotopic (exact) mass is 325 g/mol. The zero-order valence-corrected chi connectivity index (χ0v) is 14.8. The van der Waals surface area contributed by atoms with E-state index in [1.807, 2.05) is 42.5 Å². The third kappa shape index (κ3) is 3.72. The van der Waals surface area contributed by atoms with Crippen LogP contribution in [0.3, 0.4) is 0 Å². The van der Waals surface area contributed by atoms with Gasteiger partial charge in [-0.15, -0.1) is 0 Å². The molecule has 2 aromatic rings. The fourth-order valence-corrected chi connectivity index (χ4v) is 3.86. The summed E-state index contributed by atoms with van der Waals surface area (Å²) >= 11 is 0. The van der Waals surface area contributed by atoms with Crippen LogP contribution in [0, 0.1) is 17.8 Å². The van der Waals surface area contributed by atoms with Crippen LogP contribution in [0.2, 0.25) is 0 Å². The van der Waals surface area contributed by atoms with Crippen molar-refractivity contribution in [2.45, 2.75) is 46.1 Å². The lowest BCUT2D eigenvalue weighted by atomic mass is 9.75.